The summed E-state index contributed by atoms with van der Waals surface area (Å²) in [5.41, 5.74) is -0.463. The van der Waals surface area contributed by atoms with Gasteiger partial charge in [-0.25, -0.2) is 0 Å². The molecule has 0 aromatic rings. The first kappa shape index (κ1) is 19.6. The summed E-state index contributed by atoms with van der Waals surface area (Å²) < 4.78 is 10.7. The summed E-state index contributed by atoms with van der Waals surface area (Å²) >= 11 is 0. The Morgan fingerprint density at radius 2 is 2.09 bits per heavy atom. The Labute approximate surface area is 139 Å². The first-order chi connectivity index (χ1) is 10.0. The summed E-state index contributed by atoms with van der Waals surface area (Å²) in [6, 6.07) is 0. The molecule has 0 spiro atoms. The fourth-order valence-corrected chi connectivity index (χ4v) is 3.17. The van der Waals surface area contributed by atoms with Crippen molar-refractivity contribution < 1.29 is 14.3 Å². The van der Waals surface area contributed by atoms with Crippen LogP contribution in [0.5, 0.6) is 0 Å². The van der Waals surface area contributed by atoms with E-state index in [9.17, 15) is 4.79 Å². The Morgan fingerprint density at radius 3 is 2.64 bits per heavy atom. The number of morpholine rings is 1. The molecule has 2 fully saturated rings. The number of rotatable bonds is 6. The molecule has 6 nitrogen and oxygen atoms in total. The fraction of sp³-hybridized carbons (Fsp3) is 0.933. The molecule has 1 unspecified atom stereocenters. The number of amides is 1. The van der Waals surface area contributed by atoms with Crippen molar-refractivity contribution in [3.05, 3.63) is 0 Å². The predicted octanol–water partition coefficient (Wildman–Crippen LogP) is 0.261. The highest BCUT2D eigenvalue weighted by Crippen LogP contribution is 2.26. The molecular formula is C15H30ClN3O3. The highest BCUT2D eigenvalue weighted by atomic mass is 35.5. The normalized spacial score (nSPS) is 26.5. The van der Waals surface area contributed by atoms with Gasteiger partial charge < -0.3 is 20.1 Å². The third kappa shape index (κ3) is 4.55. The van der Waals surface area contributed by atoms with Crippen LogP contribution in [-0.4, -0.2) is 76.0 Å². The first-order valence-electron chi connectivity index (χ1n) is 7.81. The van der Waals surface area contributed by atoms with Gasteiger partial charge in [-0.1, -0.05) is 0 Å². The van der Waals surface area contributed by atoms with Gasteiger partial charge in [0.25, 0.3) is 0 Å². The lowest BCUT2D eigenvalue weighted by atomic mass is 9.86. The molecule has 2 aliphatic heterocycles. The number of nitrogens with zero attached hydrogens (tertiary/aromatic N) is 1. The number of carbonyl (C=O) groups excluding carboxylic acids is 1. The zero-order valence-electron chi connectivity index (χ0n) is 13.9. The maximum atomic E-state index is 12.6. The third-order valence-electron chi connectivity index (χ3n) is 4.69. The molecule has 2 N–H and O–H groups in total. The Hall–Kier alpha value is -0.400. The van der Waals surface area contributed by atoms with Crippen LogP contribution in [0.2, 0.25) is 0 Å². The highest BCUT2D eigenvalue weighted by molar-refractivity contribution is 5.85. The monoisotopic (exact) mass is 335 g/mol. The van der Waals surface area contributed by atoms with Crippen molar-refractivity contribution in [3.63, 3.8) is 0 Å². The van der Waals surface area contributed by atoms with Crippen molar-refractivity contribution in [2.45, 2.75) is 25.8 Å². The molecule has 0 saturated carbocycles. The topological polar surface area (TPSA) is 62.8 Å². The molecule has 0 aromatic carbocycles. The summed E-state index contributed by atoms with van der Waals surface area (Å²) in [4.78, 5) is 15.0. The fourth-order valence-electron chi connectivity index (χ4n) is 3.17. The number of hydrogen-bond acceptors (Lipinski definition) is 5. The van der Waals surface area contributed by atoms with Crippen LogP contribution in [0, 0.1) is 5.41 Å². The van der Waals surface area contributed by atoms with Crippen molar-refractivity contribution in [2.24, 2.45) is 5.41 Å². The van der Waals surface area contributed by atoms with E-state index in [4.69, 9.17) is 9.47 Å². The lowest BCUT2D eigenvalue weighted by Crippen LogP contribution is -2.57. The SMILES string of the molecule is COCC1(C(=O)NCC(C)(C)N2CCOCC2)CCNC1.Cl. The lowest BCUT2D eigenvalue weighted by Gasteiger charge is -2.41. The van der Waals surface area contributed by atoms with Gasteiger partial charge in [0.1, 0.15) is 0 Å². The van der Waals surface area contributed by atoms with E-state index in [-0.39, 0.29) is 23.9 Å². The minimum atomic E-state index is -0.407. The van der Waals surface area contributed by atoms with Crippen molar-refractivity contribution in [2.75, 3.05) is 59.7 Å². The van der Waals surface area contributed by atoms with Crippen molar-refractivity contribution in [1.82, 2.24) is 15.5 Å². The van der Waals surface area contributed by atoms with Crippen molar-refractivity contribution in [3.8, 4) is 0 Å². The van der Waals surface area contributed by atoms with E-state index < -0.39 is 5.41 Å². The van der Waals surface area contributed by atoms with Crippen LogP contribution in [0.4, 0.5) is 0 Å². The maximum absolute atomic E-state index is 12.6. The van der Waals surface area contributed by atoms with Crippen molar-refractivity contribution >= 4 is 18.3 Å². The van der Waals surface area contributed by atoms with E-state index in [1.54, 1.807) is 7.11 Å². The zero-order valence-corrected chi connectivity index (χ0v) is 14.8. The molecule has 7 heteroatoms. The van der Waals surface area contributed by atoms with Gasteiger partial charge in [-0.2, -0.15) is 0 Å². The standard InChI is InChI=1S/C15H29N3O3.ClH/c1-14(2,18-6-8-21-9-7-18)10-17-13(19)15(12-20-3)4-5-16-11-15;/h16H,4-12H2,1-3H3,(H,17,19);1H. The van der Waals surface area contributed by atoms with E-state index >= 15 is 0 Å². The number of carbonyl (C=O) groups is 1. The second kappa shape index (κ2) is 8.45. The summed E-state index contributed by atoms with van der Waals surface area (Å²) in [5.74, 6) is 0.107. The minimum Gasteiger partial charge on any atom is -0.384 e. The predicted molar refractivity (Wildman–Crippen MR) is 88.5 cm³/mol. The minimum absolute atomic E-state index is 0. The van der Waals surface area contributed by atoms with Gasteiger partial charge in [0.05, 0.1) is 25.2 Å². The number of hydrogen-bond donors (Lipinski definition) is 2. The molecule has 1 amide bonds. The Bertz CT molecular complexity index is 354. The molecule has 1 atom stereocenters. The van der Waals surface area contributed by atoms with Crippen LogP contribution in [0.1, 0.15) is 20.3 Å². The van der Waals surface area contributed by atoms with E-state index in [2.05, 4.69) is 29.4 Å². The second-order valence-electron chi connectivity index (χ2n) is 6.73. The van der Waals surface area contributed by atoms with Gasteiger partial charge in [0, 0.05) is 38.8 Å². The molecule has 0 aliphatic carbocycles. The number of nitrogens with one attached hydrogen (secondary N) is 2. The van der Waals surface area contributed by atoms with Gasteiger partial charge in [-0.05, 0) is 26.8 Å². The van der Waals surface area contributed by atoms with Crippen molar-refractivity contribution in [1.29, 1.82) is 0 Å². The van der Waals surface area contributed by atoms with Gasteiger partial charge >= 0.3 is 0 Å². The number of halogens is 1. The molecule has 2 aliphatic rings. The van der Waals surface area contributed by atoms with Crippen LogP contribution in [0.3, 0.4) is 0 Å². The molecule has 0 aromatic heterocycles. The maximum Gasteiger partial charge on any atom is 0.229 e. The summed E-state index contributed by atoms with van der Waals surface area (Å²) in [6.07, 6.45) is 0.838. The second-order valence-corrected chi connectivity index (χ2v) is 6.73. The summed E-state index contributed by atoms with van der Waals surface area (Å²) in [7, 11) is 1.66. The quantitative estimate of drug-likeness (QED) is 0.729. The molecule has 130 valence electrons. The average molecular weight is 336 g/mol. The van der Waals surface area contributed by atoms with Gasteiger partial charge in [0.15, 0.2) is 0 Å². The van der Waals surface area contributed by atoms with Gasteiger partial charge in [0.2, 0.25) is 5.91 Å². The van der Waals surface area contributed by atoms with Crippen LogP contribution in [0.15, 0.2) is 0 Å². The Morgan fingerprint density at radius 1 is 1.41 bits per heavy atom. The zero-order chi connectivity index (χ0) is 15.3. The number of ether oxygens (including phenoxy) is 2. The third-order valence-corrected chi connectivity index (χ3v) is 4.69. The van der Waals surface area contributed by atoms with Crippen LogP contribution in [0.25, 0.3) is 0 Å². The first-order valence-corrected chi connectivity index (χ1v) is 7.81. The van der Waals surface area contributed by atoms with Crippen LogP contribution >= 0.6 is 12.4 Å². The molecular weight excluding hydrogens is 306 g/mol. The van der Waals surface area contributed by atoms with Gasteiger partial charge in [-0.3, -0.25) is 9.69 Å². The molecule has 0 bridgehead atoms. The van der Waals surface area contributed by atoms with E-state index in [1.165, 1.54) is 0 Å². The van der Waals surface area contributed by atoms with E-state index in [1.807, 2.05) is 0 Å². The molecule has 2 rings (SSSR count). The largest absolute Gasteiger partial charge is 0.384 e. The highest BCUT2D eigenvalue weighted by Gasteiger charge is 2.42. The van der Waals surface area contributed by atoms with Gasteiger partial charge in [-0.15, -0.1) is 12.4 Å². The Balaban J connectivity index is 0.00000242. The number of methoxy groups -OCH3 is 1. The average Bonchev–Trinajstić information content (AvgIpc) is 2.96. The van der Waals surface area contributed by atoms with E-state index in [0.29, 0.717) is 19.7 Å². The lowest BCUT2D eigenvalue weighted by molar-refractivity contribution is -0.133. The van der Waals surface area contributed by atoms with Crippen LogP contribution < -0.4 is 10.6 Å². The molecule has 2 saturated heterocycles. The molecule has 2 heterocycles. The molecule has 0 radical (unpaired) electrons. The van der Waals surface area contributed by atoms with Crippen LogP contribution in [-0.2, 0) is 14.3 Å². The van der Waals surface area contributed by atoms with E-state index in [0.717, 1.165) is 39.3 Å². The smallest absolute Gasteiger partial charge is 0.229 e. The Kier molecular flexibility index (Phi) is 7.55. The summed E-state index contributed by atoms with van der Waals surface area (Å²) in [5, 5.41) is 6.42. The summed E-state index contributed by atoms with van der Waals surface area (Å²) in [6.45, 7) is 10.4. The molecule has 22 heavy (non-hydrogen) atoms.